The first-order chi connectivity index (χ1) is 8.61. The number of ketones is 1. The number of carbonyl (C=O) groups is 1. The molecule has 94 valence electrons. The van der Waals surface area contributed by atoms with Crippen LogP contribution >= 0.6 is 11.6 Å². The summed E-state index contributed by atoms with van der Waals surface area (Å²) in [6.45, 7) is 0. The molecular formula is C12H12ClN3O2. The zero-order valence-electron chi connectivity index (χ0n) is 9.74. The van der Waals surface area contributed by atoms with E-state index >= 15 is 0 Å². The molecule has 0 amide bonds. The van der Waals surface area contributed by atoms with Gasteiger partial charge in [0.15, 0.2) is 5.78 Å². The van der Waals surface area contributed by atoms with E-state index in [2.05, 4.69) is 10.2 Å². The Morgan fingerprint density at radius 2 is 2.33 bits per heavy atom. The molecule has 0 atom stereocenters. The standard InChI is InChI=1S/C12H12ClN3O2/c1-18-11-3-2-8(13)4-7(11)5-10(17)9-6-15-16-12(9)14/h2-4,6H,5H2,1H3,(H3,14,15,16). The van der Waals surface area contributed by atoms with E-state index in [1.807, 2.05) is 0 Å². The van der Waals surface area contributed by atoms with Gasteiger partial charge in [-0.15, -0.1) is 0 Å². The summed E-state index contributed by atoms with van der Waals surface area (Å²) >= 11 is 5.90. The van der Waals surface area contributed by atoms with Crippen molar-refractivity contribution in [1.82, 2.24) is 10.2 Å². The average Bonchev–Trinajstić information content (AvgIpc) is 2.76. The third kappa shape index (κ3) is 2.46. The van der Waals surface area contributed by atoms with Crippen LogP contribution in [0.25, 0.3) is 0 Å². The Morgan fingerprint density at radius 1 is 1.56 bits per heavy atom. The van der Waals surface area contributed by atoms with Crippen molar-refractivity contribution < 1.29 is 9.53 Å². The Morgan fingerprint density at radius 3 is 2.94 bits per heavy atom. The number of H-pyrrole nitrogens is 1. The molecule has 0 fully saturated rings. The van der Waals surface area contributed by atoms with E-state index in [9.17, 15) is 4.79 Å². The second kappa shape index (κ2) is 5.10. The molecule has 2 rings (SSSR count). The van der Waals surface area contributed by atoms with Crippen LogP contribution in [0.15, 0.2) is 24.4 Å². The zero-order chi connectivity index (χ0) is 13.1. The van der Waals surface area contributed by atoms with E-state index in [-0.39, 0.29) is 18.0 Å². The van der Waals surface area contributed by atoms with E-state index in [1.165, 1.54) is 6.20 Å². The number of nitrogens with zero attached hydrogens (tertiary/aromatic N) is 1. The Kier molecular flexibility index (Phi) is 3.53. The number of rotatable bonds is 4. The van der Waals surface area contributed by atoms with Gasteiger partial charge in [0, 0.05) is 17.0 Å². The molecule has 0 radical (unpaired) electrons. The van der Waals surface area contributed by atoms with Crippen molar-refractivity contribution in [2.45, 2.75) is 6.42 Å². The molecule has 2 aromatic rings. The van der Waals surface area contributed by atoms with Gasteiger partial charge in [0.1, 0.15) is 11.6 Å². The van der Waals surface area contributed by atoms with Crippen LogP contribution in [-0.4, -0.2) is 23.1 Å². The Labute approximate surface area is 109 Å². The number of hydrogen-bond acceptors (Lipinski definition) is 4. The maximum absolute atomic E-state index is 12.0. The van der Waals surface area contributed by atoms with Gasteiger partial charge >= 0.3 is 0 Å². The molecule has 18 heavy (non-hydrogen) atoms. The fourth-order valence-corrected chi connectivity index (χ4v) is 1.87. The molecule has 1 heterocycles. The highest BCUT2D eigenvalue weighted by Crippen LogP contribution is 2.24. The lowest BCUT2D eigenvalue weighted by molar-refractivity contribution is 0.0993. The molecule has 6 heteroatoms. The van der Waals surface area contributed by atoms with Crippen molar-refractivity contribution in [3.8, 4) is 5.75 Å². The molecule has 0 aliphatic rings. The molecule has 0 unspecified atom stereocenters. The number of halogens is 1. The number of nitrogen functional groups attached to an aromatic ring is 1. The van der Waals surface area contributed by atoms with Gasteiger partial charge in [-0.2, -0.15) is 5.10 Å². The number of benzene rings is 1. The van der Waals surface area contributed by atoms with Gasteiger partial charge in [-0.3, -0.25) is 9.89 Å². The fraction of sp³-hybridized carbons (Fsp3) is 0.167. The molecule has 3 N–H and O–H groups in total. The van der Waals surface area contributed by atoms with Crippen LogP contribution in [0, 0.1) is 0 Å². The van der Waals surface area contributed by atoms with E-state index in [1.54, 1.807) is 25.3 Å². The monoisotopic (exact) mass is 265 g/mol. The quantitative estimate of drug-likeness (QED) is 0.830. The number of aromatic amines is 1. The van der Waals surface area contributed by atoms with Crippen LogP contribution in [0.2, 0.25) is 5.02 Å². The smallest absolute Gasteiger partial charge is 0.172 e. The summed E-state index contributed by atoms with van der Waals surface area (Å²) in [6, 6.07) is 5.14. The normalized spacial score (nSPS) is 10.3. The lowest BCUT2D eigenvalue weighted by atomic mass is 10.0. The largest absolute Gasteiger partial charge is 0.496 e. The number of nitrogens with two attached hydrogens (primary N) is 1. The number of hydrogen-bond donors (Lipinski definition) is 2. The molecule has 1 aromatic carbocycles. The van der Waals surface area contributed by atoms with Crippen LogP contribution in [0.3, 0.4) is 0 Å². The molecule has 0 spiro atoms. The van der Waals surface area contributed by atoms with Gasteiger partial charge in [0.25, 0.3) is 0 Å². The van der Waals surface area contributed by atoms with Gasteiger partial charge < -0.3 is 10.5 Å². The molecule has 0 aliphatic carbocycles. The average molecular weight is 266 g/mol. The number of Topliss-reactive ketones (excluding diaryl/α,β-unsaturated/α-hetero) is 1. The number of nitrogens with one attached hydrogen (secondary N) is 1. The van der Waals surface area contributed by atoms with E-state index < -0.39 is 0 Å². The van der Waals surface area contributed by atoms with Crippen molar-refractivity contribution in [3.05, 3.63) is 40.5 Å². The van der Waals surface area contributed by atoms with Gasteiger partial charge in [-0.25, -0.2) is 0 Å². The van der Waals surface area contributed by atoms with Crippen LogP contribution in [0.4, 0.5) is 5.82 Å². The molecule has 0 aliphatic heterocycles. The topological polar surface area (TPSA) is 81.0 Å². The summed E-state index contributed by atoms with van der Waals surface area (Å²) in [5.41, 5.74) is 6.69. The van der Waals surface area contributed by atoms with Crippen molar-refractivity contribution >= 4 is 23.2 Å². The number of aromatic nitrogens is 2. The van der Waals surface area contributed by atoms with Crippen LogP contribution in [0.1, 0.15) is 15.9 Å². The van der Waals surface area contributed by atoms with Gasteiger partial charge in [0.2, 0.25) is 0 Å². The number of anilines is 1. The van der Waals surface area contributed by atoms with Crippen LogP contribution in [-0.2, 0) is 6.42 Å². The Balaban J connectivity index is 2.27. The summed E-state index contributed by atoms with van der Waals surface area (Å²) in [4.78, 5) is 12.0. The second-order valence-electron chi connectivity index (χ2n) is 3.75. The number of ether oxygens (including phenoxy) is 1. The lowest BCUT2D eigenvalue weighted by Gasteiger charge is -2.07. The SMILES string of the molecule is COc1ccc(Cl)cc1CC(=O)c1cn[nH]c1N. The van der Waals surface area contributed by atoms with Crippen molar-refractivity contribution in [1.29, 1.82) is 0 Å². The van der Waals surface area contributed by atoms with Crippen molar-refractivity contribution in [3.63, 3.8) is 0 Å². The minimum absolute atomic E-state index is 0.137. The third-order valence-corrected chi connectivity index (χ3v) is 2.80. The predicted octanol–water partition coefficient (Wildman–Crippen LogP) is 2.08. The minimum atomic E-state index is -0.137. The maximum Gasteiger partial charge on any atom is 0.172 e. The molecule has 0 saturated carbocycles. The number of carbonyl (C=O) groups excluding carboxylic acids is 1. The highest BCUT2D eigenvalue weighted by Gasteiger charge is 2.15. The van der Waals surface area contributed by atoms with Crippen LogP contribution in [0.5, 0.6) is 5.75 Å². The van der Waals surface area contributed by atoms with Gasteiger partial charge in [0.05, 0.1) is 18.9 Å². The van der Waals surface area contributed by atoms with Gasteiger partial charge in [-0.1, -0.05) is 11.6 Å². The highest BCUT2D eigenvalue weighted by molar-refractivity contribution is 6.30. The zero-order valence-corrected chi connectivity index (χ0v) is 10.5. The first-order valence-electron chi connectivity index (χ1n) is 5.26. The molecule has 5 nitrogen and oxygen atoms in total. The first kappa shape index (κ1) is 12.4. The Hall–Kier alpha value is -2.01. The third-order valence-electron chi connectivity index (χ3n) is 2.56. The van der Waals surface area contributed by atoms with Crippen molar-refractivity contribution in [2.24, 2.45) is 0 Å². The van der Waals surface area contributed by atoms with Gasteiger partial charge in [-0.05, 0) is 18.2 Å². The predicted molar refractivity (Wildman–Crippen MR) is 69.0 cm³/mol. The molecule has 0 saturated heterocycles. The van der Waals surface area contributed by atoms with E-state index in [0.29, 0.717) is 16.3 Å². The summed E-state index contributed by atoms with van der Waals surface area (Å²) in [5, 5.41) is 6.80. The summed E-state index contributed by atoms with van der Waals surface area (Å²) in [6.07, 6.45) is 1.57. The Bertz CT molecular complexity index is 580. The lowest BCUT2D eigenvalue weighted by Crippen LogP contribution is -2.06. The van der Waals surface area contributed by atoms with E-state index in [0.717, 1.165) is 5.56 Å². The van der Waals surface area contributed by atoms with Crippen LogP contribution < -0.4 is 10.5 Å². The van der Waals surface area contributed by atoms with Crippen molar-refractivity contribution in [2.75, 3.05) is 12.8 Å². The molecular weight excluding hydrogens is 254 g/mol. The summed E-state index contributed by atoms with van der Waals surface area (Å²) in [5.74, 6) is 0.748. The van der Waals surface area contributed by atoms with E-state index in [4.69, 9.17) is 22.1 Å². The minimum Gasteiger partial charge on any atom is -0.496 e. The molecule has 1 aromatic heterocycles. The second-order valence-corrected chi connectivity index (χ2v) is 4.19. The maximum atomic E-state index is 12.0. The molecule has 0 bridgehead atoms. The highest BCUT2D eigenvalue weighted by atomic mass is 35.5. The summed E-state index contributed by atoms with van der Waals surface area (Å²) in [7, 11) is 1.55. The fourth-order valence-electron chi connectivity index (χ4n) is 1.67. The summed E-state index contributed by atoms with van der Waals surface area (Å²) < 4.78 is 5.18. The first-order valence-corrected chi connectivity index (χ1v) is 5.64. The number of methoxy groups -OCH3 is 1.